The van der Waals surface area contributed by atoms with E-state index in [1.165, 1.54) is 4.31 Å². The van der Waals surface area contributed by atoms with Crippen LogP contribution in [0.3, 0.4) is 0 Å². The average Bonchev–Trinajstić information content (AvgIpc) is 2.39. The second-order valence-corrected chi connectivity index (χ2v) is 6.56. The van der Waals surface area contributed by atoms with Crippen LogP contribution < -0.4 is 5.32 Å². The van der Waals surface area contributed by atoms with E-state index in [2.05, 4.69) is 5.32 Å². The normalized spacial score (nSPS) is 16.8. The third kappa shape index (κ3) is 5.92. The summed E-state index contributed by atoms with van der Waals surface area (Å²) < 4.78 is 30.4. The van der Waals surface area contributed by atoms with E-state index in [0.717, 1.165) is 0 Å². The van der Waals surface area contributed by atoms with Crippen LogP contribution in [0.15, 0.2) is 0 Å². The molecule has 1 rings (SSSR count). The van der Waals surface area contributed by atoms with Crippen LogP contribution in [0, 0.1) is 0 Å². The van der Waals surface area contributed by atoms with Gasteiger partial charge in [-0.2, -0.15) is 4.31 Å². The molecule has 0 aromatic carbocycles. The summed E-state index contributed by atoms with van der Waals surface area (Å²) in [6.45, 7) is 2.42. The first-order valence-electron chi connectivity index (χ1n) is 6.40. The van der Waals surface area contributed by atoms with Gasteiger partial charge < -0.3 is 15.0 Å². The predicted molar refractivity (Wildman–Crippen MR) is 79.6 cm³/mol. The van der Waals surface area contributed by atoms with Crippen LogP contribution in [-0.2, 0) is 19.6 Å². The zero-order valence-corrected chi connectivity index (χ0v) is 13.6. The minimum absolute atomic E-state index is 0. The van der Waals surface area contributed by atoms with Gasteiger partial charge in [-0.25, -0.2) is 8.42 Å². The van der Waals surface area contributed by atoms with Crippen LogP contribution in [0.5, 0.6) is 0 Å². The summed E-state index contributed by atoms with van der Waals surface area (Å²) in [6, 6.07) is 0. The zero-order valence-electron chi connectivity index (χ0n) is 12.0. The molecule has 20 heavy (non-hydrogen) atoms. The summed E-state index contributed by atoms with van der Waals surface area (Å²) in [4.78, 5) is 13.3. The maximum atomic E-state index is 12.0. The Morgan fingerprint density at radius 2 is 1.85 bits per heavy atom. The summed E-state index contributed by atoms with van der Waals surface area (Å²) in [6.07, 6.45) is 0.498. The Balaban J connectivity index is 0.00000361. The molecule has 120 valence electrons. The number of methoxy groups -OCH3 is 1. The number of likely N-dealkylation sites (N-methyl/N-ethyl adjacent to an activating group) is 1. The van der Waals surface area contributed by atoms with Gasteiger partial charge >= 0.3 is 0 Å². The van der Waals surface area contributed by atoms with E-state index in [0.29, 0.717) is 45.8 Å². The van der Waals surface area contributed by atoms with Crippen molar-refractivity contribution in [2.75, 3.05) is 59.2 Å². The molecule has 1 aliphatic rings. The maximum Gasteiger partial charge on any atom is 0.236 e. The van der Waals surface area contributed by atoms with Crippen molar-refractivity contribution in [1.29, 1.82) is 0 Å². The minimum atomic E-state index is -3.22. The van der Waals surface area contributed by atoms with E-state index in [-0.39, 0.29) is 24.1 Å². The monoisotopic (exact) mass is 329 g/mol. The fourth-order valence-corrected chi connectivity index (χ4v) is 3.45. The molecule has 0 aromatic heterocycles. The molecule has 0 atom stereocenters. The fraction of sp³-hybridized carbons (Fsp3) is 0.909. The number of hydrogen-bond acceptors (Lipinski definition) is 5. The van der Waals surface area contributed by atoms with Gasteiger partial charge in [-0.15, -0.1) is 12.4 Å². The Kier molecular flexibility index (Phi) is 9.32. The number of carbonyl (C=O) groups excluding carboxylic acids is 1. The summed E-state index contributed by atoms with van der Waals surface area (Å²) in [5.41, 5.74) is 0. The molecule has 1 aliphatic heterocycles. The molecule has 1 heterocycles. The van der Waals surface area contributed by atoms with Gasteiger partial charge in [0.1, 0.15) is 0 Å². The summed E-state index contributed by atoms with van der Waals surface area (Å²) in [5.74, 6) is 0.115. The molecule has 0 unspecified atom stereocenters. The van der Waals surface area contributed by atoms with Crippen LogP contribution in [0.1, 0.15) is 6.42 Å². The number of rotatable bonds is 7. The van der Waals surface area contributed by atoms with Crippen molar-refractivity contribution < 1.29 is 17.9 Å². The van der Waals surface area contributed by atoms with Crippen LogP contribution in [0.2, 0.25) is 0 Å². The van der Waals surface area contributed by atoms with Gasteiger partial charge in [0, 0.05) is 39.9 Å². The highest BCUT2D eigenvalue weighted by Crippen LogP contribution is 2.09. The molecule has 7 nitrogen and oxygen atoms in total. The van der Waals surface area contributed by atoms with Gasteiger partial charge in [0.05, 0.1) is 12.3 Å². The van der Waals surface area contributed by atoms with Crippen LogP contribution in [0.25, 0.3) is 0 Å². The molecule has 9 heteroatoms. The third-order valence-electron chi connectivity index (χ3n) is 3.06. The molecule has 0 radical (unpaired) electrons. The third-order valence-corrected chi connectivity index (χ3v) is 5.02. The fourth-order valence-electron chi connectivity index (χ4n) is 1.99. The van der Waals surface area contributed by atoms with E-state index < -0.39 is 10.0 Å². The molecule has 1 fully saturated rings. The first-order chi connectivity index (χ1) is 9.01. The van der Waals surface area contributed by atoms with Crippen molar-refractivity contribution in [3.8, 4) is 0 Å². The molecular weight excluding hydrogens is 306 g/mol. The maximum absolute atomic E-state index is 12.0. The molecule has 1 N–H and O–H groups in total. The zero-order chi connectivity index (χ0) is 14.3. The van der Waals surface area contributed by atoms with Crippen molar-refractivity contribution in [2.45, 2.75) is 6.42 Å². The van der Waals surface area contributed by atoms with Gasteiger partial charge in [-0.05, 0) is 13.5 Å². The Morgan fingerprint density at radius 3 is 2.35 bits per heavy atom. The SMILES string of the molecule is CNCC(=O)N1CCN(S(=O)(=O)CCCOC)CC1.Cl. The smallest absolute Gasteiger partial charge is 0.236 e. The lowest BCUT2D eigenvalue weighted by atomic mass is 10.3. The molecule has 0 bridgehead atoms. The van der Waals surface area contributed by atoms with E-state index in [1.54, 1.807) is 19.1 Å². The Labute approximate surface area is 127 Å². The number of amides is 1. The first kappa shape index (κ1) is 19.6. The number of nitrogens with zero attached hydrogens (tertiary/aromatic N) is 2. The number of sulfonamides is 1. The lowest BCUT2D eigenvalue weighted by Crippen LogP contribution is -2.52. The van der Waals surface area contributed by atoms with Gasteiger partial charge in [-0.3, -0.25) is 4.79 Å². The van der Waals surface area contributed by atoms with E-state index in [9.17, 15) is 13.2 Å². The highest BCUT2D eigenvalue weighted by Gasteiger charge is 2.27. The Bertz CT molecular complexity index is 383. The number of nitrogens with one attached hydrogen (secondary N) is 1. The second-order valence-electron chi connectivity index (χ2n) is 4.47. The standard InChI is InChI=1S/C11H23N3O4S.ClH/c1-12-10-11(15)13-4-6-14(7-5-13)19(16,17)9-3-8-18-2;/h12H,3-10H2,1-2H3;1H. The molecule has 0 spiro atoms. The van der Waals surface area contributed by atoms with Crippen molar-refractivity contribution in [1.82, 2.24) is 14.5 Å². The Morgan fingerprint density at radius 1 is 1.25 bits per heavy atom. The highest BCUT2D eigenvalue weighted by molar-refractivity contribution is 7.89. The highest BCUT2D eigenvalue weighted by atomic mass is 35.5. The number of hydrogen-bond donors (Lipinski definition) is 1. The molecule has 1 amide bonds. The van der Waals surface area contributed by atoms with Gasteiger partial charge in [0.25, 0.3) is 0 Å². The largest absolute Gasteiger partial charge is 0.385 e. The van der Waals surface area contributed by atoms with Gasteiger partial charge in [-0.1, -0.05) is 0 Å². The topological polar surface area (TPSA) is 79.0 Å². The summed E-state index contributed by atoms with van der Waals surface area (Å²) >= 11 is 0. The number of carbonyl (C=O) groups is 1. The van der Waals surface area contributed by atoms with Crippen LogP contribution in [0.4, 0.5) is 0 Å². The lowest BCUT2D eigenvalue weighted by molar-refractivity contribution is -0.131. The first-order valence-corrected chi connectivity index (χ1v) is 8.01. The van der Waals surface area contributed by atoms with Gasteiger partial charge in [0.2, 0.25) is 15.9 Å². The Hall–Kier alpha value is -0.410. The van der Waals surface area contributed by atoms with Gasteiger partial charge in [0.15, 0.2) is 0 Å². The average molecular weight is 330 g/mol. The molecule has 0 saturated carbocycles. The predicted octanol–water partition coefficient (Wildman–Crippen LogP) is -0.862. The van der Waals surface area contributed by atoms with Crippen LogP contribution in [-0.4, -0.2) is 82.8 Å². The van der Waals surface area contributed by atoms with Crippen molar-refractivity contribution in [2.24, 2.45) is 0 Å². The van der Waals surface area contributed by atoms with E-state index in [4.69, 9.17) is 4.74 Å². The molecule has 0 aromatic rings. The number of ether oxygens (including phenoxy) is 1. The quantitative estimate of drug-likeness (QED) is 0.615. The van der Waals surface area contributed by atoms with Crippen molar-refractivity contribution in [3.05, 3.63) is 0 Å². The molecule has 1 saturated heterocycles. The summed E-state index contributed by atoms with van der Waals surface area (Å²) in [5, 5.41) is 2.80. The summed E-state index contributed by atoms with van der Waals surface area (Å²) in [7, 11) is 0.0538. The molecule has 0 aliphatic carbocycles. The number of halogens is 1. The van der Waals surface area contributed by atoms with Crippen molar-refractivity contribution in [3.63, 3.8) is 0 Å². The van der Waals surface area contributed by atoms with Crippen LogP contribution >= 0.6 is 12.4 Å². The second kappa shape index (κ2) is 9.51. The minimum Gasteiger partial charge on any atom is -0.385 e. The van der Waals surface area contributed by atoms with Crippen molar-refractivity contribution >= 4 is 28.3 Å². The molecular formula is C11H24ClN3O4S. The van der Waals surface area contributed by atoms with E-state index >= 15 is 0 Å². The number of piperazine rings is 1. The van der Waals surface area contributed by atoms with E-state index in [1.807, 2.05) is 0 Å². The lowest BCUT2D eigenvalue weighted by Gasteiger charge is -2.34.